The first-order chi connectivity index (χ1) is 8.89. The molecule has 5 nitrogen and oxygen atoms in total. The van der Waals surface area contributed by atoms with Crippen LogP contribution < -0.4 is 4.90 Å². The van der Waals surface area contributed by atoms with E-state index in [0.717, 1.165) is 6.07 Å². The van der Waals surface area contributed by atoms with Crippen molar-refractivity contribution in [3.8, 4) is 0 Å². The molecule has 8 heteroatoms. The van der Waals surface area contributed by atoms with Crippen molar-refractivity contribution in [1.82, 2.24) is 4.98 Å². The number of anilines is 1. The number of pyridine rings is 1. The van der Waals surface area contributed by atoms with Gasteiger partial charge in [-0.05, 0) is 12.1 Å². The summed E-state index contributed by atoms with van der Waals surface area (Å²) >= 11 is 0. The Kier molecular flexibility index (Phi) is 3.61. The van der Waals surface area contributed by atoms with Gasteiger partial charge in [-0.1, -0.05) is 0 Å². The SMILES string of the molecule is O=C(O)c1nc(N2CCOCC2)ccc1C(F)(F)F. The fourth-order valence-electron chi connectivity index (χ4n) is 1.81. The molecule has 1 N–H and O–H groups in total. The smallest absolute Gasteiger partial charge is 0.418 e. The molecule has 0 unspecified atom stereocenters. The second kappa shape index (κ2) is 5.04. The third-order valence-electron chi connectivity index (χ3n) is 2.72. The molecule has 1 saturated heterocycles. The van der Waals surface area contributed by atoms with Gasteiger partial charge in [-0.25, -0.2) is 9.78 Å². The highest BCUT2D eigenvalue weighted by Crippen LogP contribution is 2.32. The lowest BCUT2D eigenvalue weighted by atomic mass is 10.1. The monoisotopic (exact) mass is 276 g/mol. The first-order valence-electron chi connectivity index (χ1n) is 5.54. The van der Waals surface area contributed by atoms with Crippen LogP contribution in [0.3, 0.4) is 0 Å². The van der Waals surface area contributed by atoms with Crippen molar-refractivity contribution >= 4 is 11.8 Å². The Bertz CT molecular complexity index is 485. The number of carbonyl (C=O) groups is 1. The zero-order valence-corrected chi connectivity index (χ0v) is 9.78. The molecule has 19 heavy (non-hydrogen) atoms. The number of rotatable bonds is 2. The van der Waals surface area contributed by atoms with E-state index in [9.17, 15) is 18.0 Å². The Morgan fingerprint density at radius 3 is 2.47 bits per heavy atom. The summed E-state index contributed by atoms with van der Waals surface area (Å²) in [6, 6.07) is 1.93. The van der Waals surface area contributed by atoms with Gasteiger partial charge in [0.25, 0.3) is 0 Å². The van der Waals surface area contributed by atoms with Gasteiger partial charge in [0.2, 0.25) is 0 Å². The van der Waals surface area contributed by atoms with Crippen LogP contribution in [0.4, 0.5) is 19.0 Å². The van der Waals surface area contributed by atoms with Gasteiger partial charge in [0.05, 0.1) is 18.8 Å². The maximum Gasteiger partial charge on any atom is 0.418 e. The number of aromatic nitrogens is 1. The van der Waals surface area contributed by atoms with E-state index in [-0.39, 0.29) is 5.82 Å². The van der Waals surface area contributed by atoms with Crippen molar-refractivity contribution in [2.24, 2.45) is 0 Å². The molecule has 2 rings (SSSR count). The zero-order chi connectivity index (χ0) is 14.0. The average Bonchev–Trinajstić information content (AvgIpc) is 2.38. The predicted molar refractivity (Wildman–Crippen MR) is 59.2 cm³/mol. The second-order valence-corrected chi connectivity index (χ2v) is 3.97. The number of halogens is 3. The Balaban J connectivity index is 2.38. The van der Waals surface area contributed by atoms with Gasteiger partial charge in [0, 0.05) is 13.1 Å². The Morgan fingerprint density at radius 1 is 1.32 bits per heavy atom. The van der Waals surface area contributed by atoms with Gasteiger partial charge in [0.1, 0.15) is 5.82 Å². The van der Waals surface area contributed by atoms with Gasteiger partial charge in [-0.2, -0.15) is 13.2 Å². The van der Waals surface area contributed by atoms with E-state index in [0.29, 0.717) is 26.3 Å². The van der Waals surface area contributed by atoms with Crippen molar-refractivity contribution in [2.45, 2.75) is 6.18 Å². The normalized spacial score (nSPS) is 16.5. The molecular weight excluding hydrogens is 265 g/mol. The minimum absolute atomic E-state index is 0.216. The Labute approximate surface area is 106 Å². The maximum absolute atomic E-state index is 12.6. The summed E-state index contributed by atoms with van der Waals surface area (Å²) in [6.45, 7) is 1.81. The lowest BCUT2D eigenvalue weighted by molar-refractivity contribution is -0.138. The number of nitrogens with zero attached hydrogens (tertiary/aromatic N) is 2. The molecule has 1 aliphatic rings. The van der Waals surface area contributed by atoms with E-state index in [4.69, 9.17) is 9.84 Å². The molecule has 0 saturated carbocycles. The zero-order valence-electron chi connectivity index (χ0n) is 9.78. The summed E-state index contributed by atoms with van der Waals surface area (Å²) in [5.74, 6) is -1.48. The fourth-order valence-corrected chi connectivity index (χ4v) is 1.81. The van der Waals surface area contributed by atoms with Crippen LogP contribution in [-0.4, -0.2) is 42.4 Å². The average molecular weight is 276 g/mol. The van der Waals surface area contributed by atoms with Crippen LogP contribution in [0.25, 0.3) is 0 Å². The largest absolute Gasteiger partial charge is 0.476 e. The summed E-state index contributed by atoms with van der Waals surface area (Å²) < 4.78 is 43.0. The Morgan fingerprint density at radius 2 is 1.95 bits per heavy atom. The topological polar surface area (TPSA) is 62.7 Å². The van der Waals surface area contributed by atoms with E-state index >= 15 is 0 Å². The minimum atomic E-state index is -4.73. The number of carboxylic acids is 1. The number of aromatic carboxylic acids is 1. The molecule has 0 amide bonds. The third kappa shape index (κ3) is 2.95. The van der Waals surface area contributed by atoms with E-state index in [1.165, 1.54) is 6.07 Å². The van der Waals surface area contributed by atoms with E-state index in [1.807, 2.05) is 0 Å². The molecule has 0 aromatic carbocycles. The number of hydrogen-bond donors (Lipinski definition) is 1. The number of carboxylic acid groups (broad SMARTS) is 1. The number of alkyl halides is 3. The maximum atomic E-state index is 12.6. The Hall–Kier alpha value is -1.83. The van der Waals surface area contributed by atoms with Crippen molar-refractivity contribution in [3.63, 3.8) is 0 Å². The first kappa shape index (κ1) is 13.6. The molecule has 0 radical (unpaired) electrons. The van der Waals surface area contributed by atoms with Crippen LogP contribution in [0.15, 0.2) is 12.1 Å². The van der Waals surface area contributed by atoms with Crippen LogP contribution in [0, 0.1) is 0 Å². The predicted octanol–water partition coefficient (Wildman–Crippen LogP) is 1.64. The number of hydrogen-bond acceptors (Lipinski definition) is 4. The summed E-state index contributed by atoms with van der Waals surface area (Å²) in [4.78, 5) is 16.2. The van der Waals surface area contributed by atoms with Gasteiger partial charge < -0.3 is 14.7 Å². The van der Waals surface area contributed by atoms with Crippen molar-refractivity contribution in [2.75, 3.05) is 31.2 Å². The van der Waals surface area contributed by atoms with Crippen LogP contribution in [-0.2, 0) is 10.9 Å². The molecule has 1 aromatic rings. The molecule has 0 spiro atoms. The second-order valence-electron chi connectivity index (χ2n) is 3.97. The molecule has 1 fully saturated rings. The summed E-state index contributed by atoms with van der Waals surface area (Å²) in [6.07, 6.45) is -4.73. The summed E-state index contributed by atoms with van der Waals surface area (Å²) in [5, 5.41) is 8.85. The number of ether oxygens (including phenoxy) is 1. The van der Waals surface area contributed by atoms with Crippen molar-refractivity contribution in [3.05, 3.63) is 23.4 Å². The van der Waals surface area contributed by atoms with Crippen LogP contribution in [0.1, 0.15) is 16.1 Å². The number of morpholine rings is 1. The molecule has 0 bridgehead atoms. The molecule has 1 aromatic heterocycles. The van der Waals surface area contributed by atoms with Gasteiger partial charge >= 0.3 is 12.1 Å². The highest BCUT2D eigenvalue weighted by Gasteiger charge is 2.36. The summed E-state index contributed by atoms with van der Waals surface area (Å²) in [5.41, 5.74) is -2.21. The van der Waals surface area contributed by atoms with Crippen molar-refractivity contribution in [1.29, 1.82) is 0 Å². The van der Waals surface area contributed by atoms with Gasteiger partial charge in [-0.3, -0.25) is 0 Å². The highest BCUT2D eigenvalue weighted by molar-refractivity contribution is 5.88. The molecule has 104 valence electrons. The minimum Gasteiger partial charge on any atom is -0.476 e. The molecule has 0 atom stereocenters. The van der Waals surface area contributed by atoms with Crippen LogP contribution in [0.2, 0.25) is 0 Å². The van der Waals surface area contributed by atoms with E-state index < -0.39 is 23.4 Å². The molecule has 0 aliphatic carbocycles. The molecule has 1 aliphatic heterocycles. The van der Waals surface area contributed by atoms with Gasteiger partial charge in [0.15, 0.2) is 5.69 Å². The third-order valence-corrected chi connectivity index (χ3v) is 2.72. The van der Waals surface area contributed by atoms with Gasteiger partial charge in [-0.15, -0.1) is 0 Å². The fraction of sp³-hybridized carbons (Fsp3) is 0.455. The van der Waals surface area contributed by atoms with Crippen LogP contribution in [0.5, 0.6) is 0 Å². The highest BCUT2D eigenvalue weighted by atomic mass is 19.4. The first-order valence-corrected chi connectivity index (χ1v) is 5.54. The molecule has 2 heterocycles. The lowest BCUT2D eigenvalue weighted by Crippen LogP contribution is -2.37. The van der Waals surface area contributed by atoms with E-state index in [2.05, 4.69) is 4.98 Å². The quantitative estimate of drug-likeness (QED) is 0.889. The van der Waals surface area contributed by atoms with Crippen LogP contribution >= 0.6 is 0 Å². The standard InChI is InChI=1S/C11H11F3N2O3/c12-11(13,14)7-1-2-8(15-9(7)10(17)18)16-3-5-19-6-4-16/h1-2H,3-6H2,(H,17,18). The molecular formula is C11H11F3N2O3. The van der Waals surface area contributed by atoms with Crippen molar-refractivity contribution < 1.29 is 27.8 Å². The van der Waals surface area contributed by atoms with E-state index in [1.54, 1.807) is 4.90 Å². The lowest BCUT2D eigenvalue weighted by Gasteiger charge is -2.28. The summed E-state index contributed by atoms with van der Waals surface area (Å²) in [7, 11) is 0.